The Morgan fingerprint density at radius 2 is 2.10 bits per heavy atom. The first-order chi connectivity index (χ1) is 14.4. The summed E-state index contributed by atoms with van der Waals surface area (Å²) in [5, 5.41) is 17.2. The van der Waals surface area contributed by atoms with Crippen LogP contribution in [-0.2, 0) is 15.3 Å². The second kappa shape index (κ2) is 9.46. The lowest BCUT2D eigenvalue weighted by Gasteiger charge is -2.42. The summed E-state index contributed by atoms with van der Waals surface area (Å²) in [6.07, 6.45) is 0.576. The molecule has 1 aliphatic rings. The van der Waals surface area contributed by atoms with Gasteiger partial charge in [-0.25, -0.2) is 4.79 Å². The number of amides is 3. The van der Waals surface area contributed by atoms with Crippen molar-refractivity contribution in [2.45, 2.75) is 19.1 Å². The van der Waals surface area contributed by atoms with Crippen molar-refractivity contribution in [3.63, 3.8) is 0 Å². The van der Waals surface area contributed by atoms with E-state index in [0.717, 1.165) is 4.90 Å². The van der Waals surface area contributed by atoms with Gasteiger partial charge in [-0.3, -0.25) is 9.69 Å². The molecule has 1 atom stereocenters. The van der Waals surface area contributed by atoms with E-state index < -0.39 is 17.7 Å². The van der Waals surface area contributed by atoms with Crippen LogP contribution in [-0.4, -0.2) is 43.9 Å². The predicted octanol–water partition coefficient (Wildman–Crippen LogP) is 3.20. The molecule has 0 aromatic heterocycles. The fourth-order valence-electron chi connectivity index (χ4n) is 3.27. The zero-order chi connectivity index (χ0) is 21.7. The number of nitrogens with one attached hydrogen (secondary N) is 2. The topological polar surface area (TPSA) is 100 Å². The number of urea groups is 1. The molecule has 0 bridgehead atoms. The average molecular weight is 478 g/mol. The molecule has 2 aromatic rings. The number of carbonyl (C=O) groups excluding carboxylic acids is 2. The number of rotatable bonds is 8. The lowest BCUT2D eigenvalue weighted by atomic mass is 9.94. The number of hydrogen-bond acceptors (Lipinski definition) is 5. The molecule has 3 rings (SSSR count). The maximum Gasteiger partial charge on any atom is 0.329 e. The first-order valence-electron chi connectivity index (χ1n) is 9.55. The van der Waals surface area contributed by atoms with Crippen molar-refractivity contribution in [1.29, 1.82) is 0 Å². The highest BCUT2D eigenvalue weighted by molar-refractivity contribution is 9.10. The first kappa shape index (κ1) is 22.1. The van der Waals surface area contributed by atoms with Crippen LogP contribution in [0.2, 0.25) is 0 Å². The highest BCUT2D eigenvalue weighted by Gasteiger charge is 2.52. The van der Waals surface area contributed by atoms with E-state index in [4.69, 9.17) is 9.47 Å². The molecule has 1 heterocycles. The Morgan fingerprint density at radius 3 is 2.83 bits per heavy atom. The van der Waals surface area contributed by atoms with Gasteiger partial charge < -0.3 is 25.2 Å². The Balaban J connectivity index is 2.03. The minimum atomic E-state index is -2.26. The number of ether oxygens (including phenoxy) is 2. The van der Waals surface area contributed by atoms with Crippen LogP contribution < -0.4 is 20.3 Å². The Hall–Kier alpha value is -2.62. The second-order valence-corrected chi connectivity index (χ2v) is 7.55. The lowest BCUT2D eigenvalue weighted by Crippen LogP contribution is -2.62. The highest BCUT2D eigenvalue weighted by Crippen LogP contribution is 2.41. The molecule has 0 unspecified atom stereocenters. The number of methoxy groups -OCH3 is 1. The van der Waals surface area contributed by atoms with Crippen molar-refractivity contribution in [3.05, 3.63) is 52.5 Å². The van der Waals surface area contributed by atoms with Crippen LogP contribution >= 0.6 is 15.9 Å². The molecule has 0 fully saturated rings. The zero-order valence-corrected chi connectivity index (χ0v) is 18.4. The van der Waals surface area contributed by atoms with Gasteiger partial charge in [0.2, 0.25) is 0 Å². The summed E-state index contributed by atoms with van der Waals surface area (Å²) in [6.45, 7) is 3.25. The predicted molar refractivity (Wildman–Crippen MR) is 117 cm³/mol. The van der Waals surface area contributed by atoms with Gasteiger partial charge in [-0.05, 0) is 43.7 Å². The Bertz CT molecular complexity index is 939. The fraction of sp³-hybridized carbons (Fsp3) is 0.333. The SMILES string of the molecule is CCOCCCNC(=O)[C@@]1(O)c2cc(Br)ccc2NC(=O)N1c1cccc(OC)c1. The van der Waals surface area contributed by atoms with E-state index in [1.165, 1.54) is 7.11 Å². The van der Waals surface area contributed by atoms with Gasteiger partial charge in [0.15, 0.2) is 0 Å². The highest BCUT2D eigenvalue weighted by atomic mass is 79.9. The van der Waals surface area contributed by atoms with Gasteiger partial charge in [0, 0.05) is 35.9 Å². The van der Waals surface area contributed by atoms with Crippen molar-refractivity contribution in [2.24, 2.45) is 0 Å². The van der Waals surface area contributed by atoms with E-state index in [0.29, 0.717) is 41.2 Å². The largest absolute Gasteiger partial charge is 0.497 e. The Labute approximate surface area is 183 Å². The minimum Gasteiger partial charge on any atom is -0.497 e. The number of carbonyl (C=O) groups is 2. The smallest absolute Gasteiger partial charge is 0.329 e. The van der Waals surface area contributed by atoms with Crippen LogP contribution in [0.1, 0.15) is 18.9 Å². The minimum absolute atomic E-state index is 0.251. The van der Waals surface area contributed by atoms with Crippen molar-refractivity contribution in [2.75, 3.05) is 37.1 Å². The van der Waals surface area contributed by atoms with Crippen molar-refractivity contribution in [1.82, 2.24) is 5.32 Å². The molecule has 0 saturated heterocycles. The lowest BCUT2D eigenvalue weighted by molar-refractivity contribution is -0.140. The number of fused-ring (bicyclic) bond motifs is 1. The Kier molecular flexibility index (Phi) is 6.96. The number of hydrogen-bond donors (Lipinski definition) is 3. The summed E-state index contributed by atoms with van der Waals surface area (Å²) in [5.74, 6) is -0.226. The quantitative estimate of drug-likeness (QED) is 0.506. The molecule has 30 heavy (non-hydrogen) atoms. The third-order valence-electron chi connectivity index (χ3n) is 4.71. The normalized spacial score (nSPS) is 17.9. The van der Waals surface area contributed by atoms with Gasteiger partial charge in [-0.15, -0.1) is 0 Å². The van der Waals surface area contributed by atoms with E-state index in [1.807, 2.05) is 6.92 Å². The molecule has 3 N–H and O–H groups in total. The summed E-state index contributed by atoms with van der Waals surface area (Å²) in [4.78, 5) is 27.2. The van der Waals surface area contributed by atoms with E-state index >= 15 is 0 Å². The van der Waals surface area contributed by atoms with Gasteiger partial charge in [0.05, 0.1) is 18.5 Å². The third kappa shape index (κ3) is 4.28. The van der Waals surface area contributed by atoms with Crippen LogP contribution in [0, 0.1) is 0 Å². The number of anilines is 2. The van der Waals surface area contributed by atoms with Gasteiger partial charge in [0.25, 0.3) is 11.6 Å². The third-order valence-corrected chi connectivity index (χ3v) is 5.20. The van der Waals surface area contributed by atoms with Crippen LogP contribution in [0.3, 0.4) is 0 Å². The van der Waals surface area contributed by atoms with E-state index in [2.05, 4.69) is 26.6 Å². The summed E-state index contributed by atoms with van der Waals surface area (Å²) < 4.78 is 11.2. The molecule has 0 spiro atoms. The number of aliphatic hydroxyl groups is 1. The molecule has 0 radical (unpaired) electrons. The van der Waals surface area contributed by atoms with Crippen LogP contribution in [0.15, 0.2) is 46.9 Å². The standard InChI is InChI=1S/C21H24BrN3O5/c1-3-30-11-5-10-23-19(26)21(28)17-12-14(22)8-9-18(17)24-20(27)25(21)15-6-4-7-16(13-15)29-2/h4,6-9,12-13,28H,3,5,10-11H2,1-2H3,(H,23,26)(H,24,27)/t21-/m0/s1. The number of halogens is 1. The van der Waals surface area contributed by atoms with Gasteiger partial charge in [0.1, 0.15) is 5.75 Å². The summed E-state index contributed by atoms with van der Waals surface area (Å²) in [6, 6.07) is 10.9. The summed E-state index contributed by atoms with van der Waals surface area (Å²) in [5.41, 5.74) is -1.35. The van der Waals surface area contributed by atoms with Crippen molar-refractivity contribution < 1.29 is 24.2 Å². The van der Waals surface area contributed by atoms with E-state index in [9.17, 15) is 14.7 Å². The van der Waals surface area contributed by atoms with Crippen molar-refractivity contribution in [3.8, 4) is 5.75 Å². The van der Waals surface area contributed by atoms with Gasteiger partial charge >= 0.3 is 6.03 Å². The molecular weight excluding hydrogens is 454 g/mol. The number of nitrogens with zero attached hydrogens (tertiary/aromatic N) is 1. The van der Waals surface area contributed by atoms with Crippen LogP contribution in [0.25, 0.3) is 0 Å². The van der Waals surface area contributed by atoms with Crippen LogP contribution in [0.5, 0.6) is 5.75 Å². The second-order valence-electron chi connectivity index (χ2n) is 6.64. The molecule has 0 saturated carbocycles. The summed E-state index contributed by atoms with van der Waals surface area (Å²) >= 11 is 3.38. The fourth-order valence-corrected chi connectivity index (χ4v) is 3.63. The molecule has 0 aliphatic carbocycles. The average Bonchev–Trinajstić information content (AvgIpc) is 2.74. The molecule has 1 aliphatic heterocycles. The molecule has 3 amide bonds. The van der Waals surface area contributed by atoms with Crippen molar-refractivity contribution >= 4 is 39.2 Å². The van der Waals surface area contributed by atoms with E-state index in [-0.39, 0.29) is 12.1 Å². The first-order valence-corrected chi connectivity index (χ1v) is 10.3. The Morgan fingerprint density at radius 1 is 1.30 bits per heavy atom. The monoisotopic (exact) mass is 477 g/mol. The van der Waals surface area contributed by atoms with Gasteiger partial charge in [-0.1, -0.05) is 22.0 Å². The maximum absolute atomic E-state index is 13.2. The number of benzene rings is 2. The molecule has 9 heteroatoms. The maximum atomic E-state index is 13.2. The molecule has 160 valence electrons. The summed E-state index contributed by atoms with van der Waals surface area (Å²) in [7, 11) is 1.50. The van der Waals surface area contributed by atoms with Crippen LogP contribution in [0.4, 0.5) is 16.2 Å². The zero-order valence-electron chi connectivity index (χ0n) is 16.8. The van der Waals surface area contributed by atoms with Gasteiger partial charge in [-0.2, -0.15) is 0 Å². The van der Waals surface area contributed by atoms with E-state index in [1.54, 1.807) is 42.5 Å². The molecular formula is C21H24BrN3O5. The molecule has 2 aromatic carbocycles. The molecule has 8 nitrogen and oxygen atoms in total.